The zero-order valence-corrected chi connectivity index (χ0v) is 13.2. The molecule has 0 saturated heterocycles. The summed E-state index contributed by atoms with van der Waals surface area (Å²) in [5, 5.41) is 0.697. The van der Waals surface area contributed by atoms with Gasteiger partial charge in [-0.25, -0.2) is 0 Å². The number of halogens is 2. The molecule has 0 fully saturated rings. The number of hydrogen-bond donors (Lipinski definition) is 1. The second kappa shape index (κ2) is 4.78. The molecule has 0 radical (unpaired) electrons. The van der Waals surface area contributed by atoms with E-state index in [9.17, 15) is 0 Å². The maximum atomic E-state index is 6.00. The minimum atomic E-state index is 0.666. The lowest BCUT2D eigenvalue weighted by Gasteiger charge is -2.07. The molecule has 1 aromatic heterocycles. The average Bonchev–Trinajstić information content (AvgIpc) is 2.68. The minimum absolute atomic E-state index is 0.666. The van der Waals surface area contributed by atoms with E-state index < -0.39 is 0 Å². The fourth-order valence-corrected chi connectivity index (χ4v) is 2.84. The fourth-order valence-electron chi connectivity index (χ4n) is 2.11. The van der Waals surface area contributed by atoms with E-state index in [1.807, 2.05) is 34.9 Å². The number of nitrogens with zero attached hydrogens (tertiary/aromatic N) is 1. The van der Waals surface area contributed by atoms with Crippen LogP contribution in [0.25, 0.3) is 16.7 Å². The molecule has 0 aliphatic heterocycles. The Morgan fingerprint density at radius 3 is 2.74 bits per heavy atom. The van der Waals surface area contributed by atoms with E-state index in [2.05, 4.69) is 33.9 Å². The largest absolute Gasteiger partial charge is 0.330 e. The van der Waals surface area contributed by atoms with Crippen molar-refractivity contribution < 1.29 is 0 Å². The maximum Gasteiger partial charge on any atom is 0.182 e. The third-order valence-corrected chi connectivity index (χ3v) is 4.45. The molecule has 19 heavy (non-hydrogen) atoms. The van der Waals surface area contributed by atoms with Gasteiger partial charge in [0.2, 0.25) is 0 Å². The second-order valence-corrected chi connectivity index (χ2v) is 6.04. The molecule has 3 rings (SSSR count). The standard InChI is InChI=1S/C14H10BrClN2S/c1-8-6-10(3-4-11(8)15)18-13-5-2-9(16)7-12(13)17-14(18)19/h2-7H,1H3,(H,17,19). The zero-order valence-electron chi connectivity index (χ0n) is 10.1. The number of aryl methyl sites for hydroxylation is 1. The third-order valence-electron chi connectivity index (χ3n) is 3.04. The van der Waals surface area contributed by atoms with Crippen molar-refractivity contribution >= 4 is 50.8 Å². The summed E-state index contributed by atoms with van der Waals surface area (Å²) in [7, 11) is 0. The quantitative estimate of drug-likeness (QED) is 0.580. The number of nitrogens with one attached hydrogen (secondary N) is 1. The van der Waals surface area contributed by atoms with Crippen LogP contribution < -0.4 is 0 Å². The molecule has 0 unspecified atom stereocenters. The predicted molar refractivity (Wildman–Crippen MR) is 85.9 cm³/mol. The topological polar surface area (TPSA) is 20.7 Å². The van der Waals surface area contributed by atoms with Gasteiger partial charge in [-0.15, -0.1) is 0 Å². The van der Waals surface area contributed by atoms with Crippen molar-refractivity contribution in [2.45, 2.75) is 6.92 Å². The van der Waals surface area contributed by atoms with Crippen LogP contribution in [0.15, 0.2) is 40.9 Å². The van der Waals surface area contributed by atoms with Crippen molar-refractivity contribution in [1.82, 2.24) is 9.55 Å². The van der Waals surface area contributed by atoms with E-state index in [-0.39, 0.29) is 0 Å². The highest BCUT2D eigenvalue weighted by molar-refractivity contribution is 9.10. The zero-order chi connectivity index (χ0) is 13.6. The summed E-state index contributed by atoms with van der Waals surface area (Å²) < 4.78 is 3.77. The molecular weight excluding hydrogens is 344 g/mol. The molecule has 0 spiro atoms. The van der Waals surface area contributed by atoms with E-state index in [0.29, 0.717) is 9.79 Å². The average molecular weight is 354 g/mol. The number of fused-ring (bicyclic) bond motifs is 1. The van der Waals surface area contributed by atoms with Gasteiger partial charge in [0.1, 0.15) is 0 Å². The Balaban J connectivity index is 2.32. The number of aromatic nitrogens is 2. The van der Waals surface area contributed by atoms with Crippen LogP contribution in [0.2, 0.25) is 5.02 Å². The lowest BCUT2D eigenvalue weighted by Crippen LogP contribution is -1.94. The molecule has 0 atom stereocenters. The molecule has 2 aromatic carbocycles. The van der Waals surface area contributed by atoms with Crippen LogP contribution in [0.4, 0.5) is 0 Å². The van der Waals surface area contributed by atoms with Crippen molar-refractivity contribution in [3.63, 3.8) is 0 Å². The predicted octanol–water partition coefficient (Wildman–Crippen LogP) is 5.41. The second-order valence-electron chi connectivity index (χ2n) is 4.36. The Kier molecular flexibility index (Phi) is 3.25. The molecule has 0 aliphatic rings. The molecule has 0 bridgehead atoms. The van der Waals surface area contributed by atoms with E-state index in [0.717, 1.165) is 21.2 Å². The lowest BCUT2D eigenvalue weighted by molar-refractivity contribution is 1.06. The lowest BCUT2D eigenvalue weighted by atomic mass is 10.2. The van der Waals surface area contributed by atoms with Crippen molar-refractivity contribution in [2.75, 3.05) is 0 Å². The maximum absolute atomic E-state index is 6.00. The molecule has 5 heteroatoms. The van der Waals surface area contributed by atoms with Gasteiger partial charge in [0.15, 0.2) is 4.77 Å². The van der Waals surface area contributed by atoms with Gasteiger partial charge in [-0.3, -0.25) is 4.57 Å². The number of rotatable bonds is 1. The molecule has 2 nitrogen and oxygen atoms in total. The molecule has 1 N–H and O–H groups in total. The Bertz CT molecular complexity index is 835. The minimum Gasteiger partial charge on any atom is -0.330 e. The van der Waals surface area contributed by atoms with E-state index in [4.69, 9.17) is 23.8 Å². The van der Waals surface area contributed by atoms with Crippen LogP contribution in [0, 0.1) is 11.7 Å². The molecule has 0 amide bonds. The van der Waals surface area contributed by atoms with Gasteiger partial charge in [-0.2, -0.15) is 0 Å². The summed E-state index contributed by atoms with van der Waals surface area (Å²) in [6.45, 7) is 2.06. The van der Waals surface area contributed by atoms with Gasteiger partial charge < -0.3 is 4.98 Å². The highest BCUT2D eigenvalue weighted by Crippen LogP contribution is 2.25. The SMILES string of the molecule is Cc1cc(-n2c(=S)[nH]c3cc(Cl)ccc32)ccc1Br. The van der Waals surface area contributed by atoms with Gasteiger partial charge in [-0.05, 0) is 61.1 Å². The first-order chi connectivity index (χ1) is 9.06. The van der Waals surface area contributed by atoms with Crippen LogP contribution in [-0.4, -0.2) is 9.55 Å². The third kappa shape index (κ3) is 2.24. The van der Waals surface area contributed by atoms with Gasteiger partial charge in [-0.1, -0.05) is 27.5 Å². The monoisotopic (exact) mass is 352 g/mol. The Morgan fingerprint density at radius 2 is 2.00 bits per heavy atom. The number of H-pyrrole nitrogens is 1. The highest BCUT2D eigenvalue weighted by atomic mass is 79.9. The van der Waals surface area contributed by atoms with Crippen LogP contribution >= 0.6 is 39.7 Å². The molecule has 96 valence electrons. The molecule has 0 saturated carbocycles. The summed E-state index contributed by atoms with van der Waals surface area (Å²) in [5.41, 5.74) is 4.18. The normalized spacial score (nSPS) is 11.1. The summed E-state index contributed by atoms with van der Waals surface area (Å²) in [6, 6.07) is 11.9. The van der Waals surface area contributed by atoms with Crippen molar-refractivity contribution in [3.05, 3.63) is 56.2 Å². The molecule has 0 aliphatic carbocycles. The van der Waals surface area contributed by atoms with Gasteiger partial charge in [0.25, 0.3) is 0 Å². The Hall–Kier alpha value is -1.10. The number of hydrogen-bond acceptors (Lipinski definition) is 1. The van der Waals surface area contributed by atoms with Crippen molar-refractivity contribution in [2.24, 2.45) is 0 Å². The first kappa shape index (κ1) is 12.9. The number of aromatic amines is 1. The summed E-state index contributed by atoms with van der Waals surface area (Å²) in [5.74, 6) is 0. The first-order valence-corrected chi connectivity index (χ1v) is 7.31. The molecule has 1 heterocycles. The van der Waals surface area contributed by atoms with Crippen LogP contribution in [0.1, 0.15) is 5.56 Å². The van der Waals surface area contributed by atoms with Crippen LogP contribution in [-0.2, 0) is 0 Å². The smallest absolute Gasteiger partial charge is 0.182 e. The summed E-state index contributed by atoms with van der Waals surface area (Å²) in [6.07, 6.45) is 0. The Morgan fingerprint density at radius 1 is 1.21 bits per heavy atom. The van der Waals surface area contributed by atoms with Crippen molar-refractivity contribution in [1.29, 1.82) is 0 Å². The fraction of sp³-hybridized carbons (Fsp3) is 0.0714. The van der Waals surface area contributed by atoms with Gasteiger partial charge in [0, 0.05) is 15.2 Å². The first-order valence-electron chi connectivity index (χ1n) is 5.73. The Labute approximate surface area is 129 Å². The molecule has 3 aromatic rings. The van der Waals surface area contributed by atoms with Gasteiger partial charge >= 0.3 is 0 Å². The van der Waals surface area contributed by atoms with E-state index in [1.54, 1.807) is 0 Å². The van der Waals surface area contributed by atoms with Crippen molar-refractivity contribution in [3.8, 4) is 5.69 Å². The van der Waals surface area contributed by atoms with E-state index in [1.165, 1.54) is 5.56 Å². The highest BCUT2D eigenvalue weighted by Gasteiger charge is 2.07. The van der Waals surface area contributed by atoms with Crippen LogP contribution in [0.5, 0.6) is 0 Å². The number of imidazole rings is 1. The van der Waals surface area contributed by atoms with E-state index >= 15 is 0 Å². The summed E-state index contributed by atoms with van der Waals surface area (Å²) in [4.78, 5) is 3.18. The van der Waals surface area contributed by atoms with Gasteiger partial charge in [0.05, 0.1) is 11.0 Å². The van der Waals surface area contributed by atoms with Crippen LogP contribution in [0.3, 0.4) is 0 Å². The summed E-state index contributed by atoms with van der Waals surface area (Å²) >= 11 is 14.9. The number of benzene rings is 2. The molecular formula is C14H10BrClN2S.